The Balaban J connectivity index is 1.68. The van der Waals surface area contributed by atoms with Gasteiger partial charge in [-0.2, -0.15) is 0 Å². The molecule has 0 aromatic carbocycles. The summed E-state index contributed by atoms with van der Waals surface area (Å²) in [4.78, 5) is 0. The second-order valence-corrected chi connectivity index (χ2v) is 6.83. The van der Waals surface area contributed by atoms with Gasteiger partial charge in [0.05, 0.1) is 6.61 Å². The normalized spacial score (nSPS) is 53.5. The van der Waals surface area contributed by atoms with E-state index in [2.05, 4.69) is 19.9 Å². The molecule has 90 valence electrons. The maximum Gasteiger partial charge on any atom is 0.0639 e. The van der Waals surface area contributed by atoms with Crippen molar-refractivity contribution in [3.05, 3.63) is 11.6 Å². The first-order valence-corrected chi connectivity index (χ1v) is 6.80. The Morgan fingerprint density at radius 1 is 1.31 bits per heavy atom. The molecular formula is C15H24O. The largest absolute Gasteiger partial charge is 0.392 e. The second-order valence-electron chi connectivity index (χ2n) is 6.83. The van der Waals surface area contributed by atoms with Crippen LogP contribution in [-0.4, -0.2) is 11.7 Å². The molecule has 4 aliphatic rings. The van der Waals surface area contributed by atoms with Crippen molar-refractivity contribution in [2.45, 2.75) is 46.5 Å². The van der Waals surface area contributed by atoms with Crippen LogP contribution in [0.5, 0.6) is 0 Å². The van der Waals surface area contributed by atoms with Crippen molar-refractivity contribution in [1.29, 1.82) is 0 Å². The lowest BCUT2D eigenvalue weighted by atomic mass is 9.71. The molecule has 16 heavy (non-hydrogen) atoms. The fourth-order valence-electron chi connectivity index (χ4n) is 5.19. The maximum absolute atomic E-state index is 8.99. The minimum Gasteiger partial charge on any atom is -0.392 e. The molecule has 0 heterocycles. The lowest BCUT2D eigenvalue weighted by molar-refractivity contribution is 0.154. The van der Waals surface area contributed by atoms with E-state index in [0.717, 1.165) is 29.7 Å². The van der Waals surface area contributed by atoms with Crippen LogP contribution in [0.3, 0.4) is 0 Å². The molecule has 0 aromatic rings. The van der Waals surface area contributed by atoms with Crippen LogP contribution < -0.4 is 0 Å². The van der Waals surface area contributed by atoms with E-state index in [1.54, 1.807) is 0 Å². The lowest BCUT2D eigenvalue weighted by Crippen LogP contribution is -2.26. The minimum absolute atomic E-state index is 0.225. The summed E-state index contributed by atoms with van der Waals surface area (Å²) in [7, 11) is 0. The molecule has 4 aliphatic carbocycles. The van der Waals surface area contributed by atoms with Crippen LogP contribution in [0.2, 0.25) is 0 Å². The average Bonchev–Trinajstić information content (AvgIpc) is 2.62. The van der Waals surface area contributed by atoms with Crippen molar-refractivity contribution in [2.75, 3.05) is 6.61 Å². The zero-order chi connectivity index (χ0) is 11.6. The molecule has 0 spiro atoms. The topological polar surface area (TPSA) is 20.2 Å². The van der Waals surface area contributed by atoms with Crippen molar-refractivity contribution in [3.8, 4) is 0 Å². The van der Waals surface area contributed by atoms with Crippen molar-refractivity contribution in [1.82, 2.24) is 0 Å². The Hall–Kier alpha value is -0.300. The highest BCUT2D eigenvalue weighted by Crippen LogP contribution is 2.87. The number of aliphatic hydroxyl groups excluding tert-OH is 1. The van der Waals surface area contributed by atoms with E-state index < -0.39 is 0 Å². The summed E-state index contributed by atoms with van der Waals surface area (Å²) in [6.45, 7) is 7.33. The second kappa shape index (κ2) is 3.13. The van der Waals surface area contributed by atoms with Gasteiger partial charge < -0.3 is 5.11 Å². The fourth-order valence-corrected chi connectivity index (χ4v) is 5.19. The minimum atomic E-state index is 0.225. The van der Waals surface area contributed by atoms with Crippen LogP contribution in [0.4, 0.5) is 0 Å². The van der Waals surface area contributed by atoms with Gasteiger partial charge in [0.1, 0.15) is 0 Å². The number of aliphatic hydroxyl groups is 1. The summed E-state index contributed by atoms with van der Waals surface area (Å²) < 4.78 is 0. The number of rotatable bonds is 4. The predicted molar refractivity (Wildman–Crippen MR) is 66.0 cm³/mol. The molecule has 0 radical (unpaired) electrons. The van der Waals surface area contributed by atoms with Crippen LogP contribution >= 0.6 is 0 Å². The summed E-state index contributed by atoms with van der Waals surface area (Å²) in [6.07, 6.45) is 7.76. The third-order valence-electron chi connectivity index (χ3n) is 6.53. The van der Waals surface area contributed by atoms with Gasteiger partial charge in [0.2, 0.25) is 0 Å². The van der Waals surface area contributed by atoms with Crippen molar-refractivity contribution >= 4 is 0 Å². The number of hydrogen-bond acceptors (Lipinski definition) is 1. The van der Waals surface area contributed by atoms with Gasteiger partial charge in [-0.25, -0.2) is 0 Å². The highest BCUT2D eigenvalue weighted by atomic mass is 16.3. The first kappa shape index (κ1) is 10.8. The van der Waals surface area contributed by atoms with Crippen LogP contribution in [0.25, 0.3) is 0 Å². The number of hydrogen-bond donors (Lipinski definition) is 1. The fraction of sp³-hybridized carbons (Fsp3) is 0.867. The highest BCUT2D eigenvalue weighted by Gasteiger charge is 2.80. The summed E-state index contributed by atoms with van der Waals surface area (Å²) in [5.74, 6) is 3.16. The molecule has 0 aliphatic heterocycles. The molecule has 0 saturated heterocycles. The summed E-state index contributed by atoms with van der Waals surface area (Å²) in [5.41, 5.74) is 2.43. The van der Waals surface area contributed by atoms with E-state index in [4.69, 9.17) is 5.11 Å². The van der Waals surface area contributed by atoms with Crippen LogP contribution in [0.1, 0.15) is 46.5 Å². The molecule has 4 bridgehead atoms. The monoisotopic (exact) mass is 220 g/mol. The zero-order valence-electron chi connectivity index (χ0n) is 10.8. The Morgan fingerprint density at radius 3 is 2.38 bits per heavy atom. The van der Waals surface area contributed by atoms with Crippen molar-refractivity contribution in [2.24, 2.45) is 28.6 Å². The zero-order valence-corrected chi connectivity index (χ0v) is 10.8. The Morgan fingerprint density at radius 2 is 1.94 bits per heavy atom. The smallest absolute Gasteiger partial charge is 0.0639 e. The first-order chi connectivity index (χ1) is 7.54. The average molecular weight is 220 g/mol. The van der Waals surface area contributed by atoms with Crippen LogP contribution in [0, 0.1) is 28.6 Å². The van der Waals surface area contributed by atoms with Gasteiger partial charge in [-0.05, 0) is 61.2 Å². The third-order valence-corrected chi connectivity index (χ3v) is 6.53. The van der Waals surface area contributed by atoms with Crippen LogP contribution in [-0.2, 0) is 0 Å². The van der Waals surface area contributed by atoms with Gasteiger partial charge in [0.15, 0.2) is 0 Å². The van der Waals surface area contributed by atoms with E-state index >= 15 is 0 Å². The van der Waals surface area contributed by atoms with Gasteiger partial charge in [0.25, 0.3) is 0 Å². The van der Waals surface area contributed by atoms with Gasteiger partial charge in [-0.1, -0.05) is 25.5 Å². The molecule has 1 unspecified atom stereocenters. The molecule has 5 atom stereocenters. The SMILES string of the molecule is C/C(=C/CC[C@]1(C)[C@H]2CC3[C@H](C2)[C@@]31C)CO. The van der Waals surface area contributed by atoms with E-state index in [-0.39, 0.29) is 6.61 Å². The van der Waals surface area contributed by atoms with Gasteiger partial charge in [0, 0.05) is 0 Å². The Labute approximate surface area is 98.9 Å². The summed E-state index contributed by atoms with van der Waals surface area (Å²) in [5, 5.41) is 8.99. The van der Waals surface area contributed by atoms with Gasteiger partial charge in [-0.15, -0.1) is 0 Å². The molecule has 1 heteroatoms. The lowest BCUT2D eigenvalue weighted by Gasteiger charge is -2.34. The van der Waals surface area contributed by atoms with E-state index in [1.807, 2.05) is 6.92 Å². The molecule has 1 N–H and O–H groups in total. The van der Waals surface area contributed by atoms with Gasteiger partial charge in [-0.3, -0.25) is 0 Å². The van der Waals surface area contributed by atoms with E-state index in [0.29, 0.717) is 10.8 Å². The predicted octanol–water partition coefficient (Wildman–Crippen LogP) is 3.39. The molecule has 4 rings (SSSR count). The van der Waals surface area contributed by atoms with Crippen molar-refractivity contribution in [3.63, 3.8) is 0 Å². The highest BCUT2D eigenvalue weighted by molar-refractivity contribution is 5.29. The van der Waals surface area contributed by atoms with Crippen molar-refractivity contribution < 1.29 is 5.11 Å². The third kappa shape index (κ3) is 1.06. The standard InChI is InChI=1S/C15H24O/c1-10(9-16)5-4-6-14(2)11-7-12-13(8-11)15(12,14)3/h5,11-13,16H,4,6-9H2,1-3H3/b10-5-/t11-,12+,13?,14-,15+/m1/s1. The molecule has 0 aromatic heterocycles. The molecule has 4 fully saturated rings. The molecular weight excluding hydrogens is 196 g/mol. The Kier molecular flexibility index (Phi) is 2.12. The molecule has 4 saturated carbocycles. The quantitative estimate of drug-likeness (QED) is 0.720. The number of allylic oxidation sites excluding steroid dienone is 1. The molecule has 0 amide bonds. The maximum atomic E-state index is 8.99. The molecule has 1 nitrogen and oxygen atoms in total. The van der Waals surface area contributed by atoms with E-state index in [1.165, 1.54) is 19.3 Å². The summed E-state index contributed by atoms with van der Waals surface area (Å²) >= 11 is 0. The van der Waals surface area contributed by atoms with Crippen LogP contribution in [0.15, 0.2) is 11.6 Å². The van der Waals surface area contributed by atoms with E-state index in [9.17, 15) is 0 Å². The van der Waals surface area contributed by atoms with Gasteiger partial charge >= 0.3 is 0 Å². The Bertz CT molecular complexity index is 331. The summed E-state index contributed by atoms with van der Waals surface area (Å²) in [6, 6.07) is 0. The first-order valence-electron chi connectivity index (χ1n) is 6.80.